The van der Waals surface area contributed by atoms with Crippen LogP contribution < -0.4 is 9.62 Å². The molecule has 39 heavy (non-hydrogen) atoms. The number of aliphatic carboxylic acids is 1. The molecule has 214 valence electrons. The van der Waals surface area contributed by atoms with E-state index in [1.165, 1.54) is 24.1 Å². The van der Waals surface area contributed by atoms with E-state index in [9.17, 15) is 9.90 Å². The van der Waals surface area contributed by atoms with E-state index in [0.29, 0.717) is 0 Å². The molecule has 2 heterocycles. The zero-order valence-corrected chi connectivity index (χ0v) is 26.0. The molecule has 1 aliphatic heterocycles. The van der Waals surface area contributed by atoms with E-state index >= 15 is 0 Å². The maximum absolute atomic E-state index is 11.7. The summed E-state index contributed by atoms with van der Waals surface area (Å²) in [6.07, 6.45) is 12.7. The molecule has 4 rings (SSSR count). The number of nitrogens with one attached hydrogen (secondary N) is 1. The van der Waals surface area contributed by atoms with Crippen LogP contribution in [0, 0.1) is 26.7 Å². The van der Waals surface area contributed by atoms with Gasteiger partial charge in [0.2, 0.25) is 0 Å². The van der Waals surface area contributed by atoms with Crippen molar-refractivity contribution < 1.29 is 15.0 Å². The van der Waals surface area contributed by atoms with Crippen LogP contribution in [0.2, 0.25) is 0 Å². The number of rotatable bonds is 6. The van der Waals surface area contributed by atoms with E-state index in [2.05, 4.69) is 79.2 Å². The zero-order chi connectivity index (χ0) is 29.9. The lowest BCUT2D eigenvalue weighted by atomic mass is 9.89. The molecule has 2 aromatic carbocycles. The maximum Gasteiger partial charge on any atom is 0.307 e. The lowest BCUT2D eigenvalue weighted by molar-refractivity contribution is -0.136. The molecule has 0 saturated carbocycles. The number of nitrogens with zero attached hydrogens (tertiary/aromatic N) is 2. The van der Waals surface area contributed by atoms with E-state index in [-0.39, 0.29) is 6.42 Å². The summed E-state index contributed by atoms with van der Waals surface area (Å²) >= 11 is 1.70. The molecule has 0 spiro atoms. The molecule has 3 N–H and O–H groups in total. The number of aliphatic hydroxyl groups is 1. The lowest BCUT2D eigenvalue weighted by Crippen LogP contribution is -2.27. The van der Waals surface area contributed by atoms with E-state index in [1.807, 2.05) is 19.2 Å². The van der Waals surface area contributed by atoms with Gasteiger partial charge in [0.05, 0.1) is 23.2 Å². The number of unbranched alkanes of at least 4 members (excludes halogenated alkanes) is 1. The molecule has 0 radical (unpaired) electrons. The number of carboxylic acids is 1. The molecule has 1 aromatic heterocycles. The molecule has 0 atom stereocenters. The summed E-state index contributed by atoms with van der Waals surface area (Å²) in [6, 6.07) is 10.5. The normalized spacial score (nSPS) is 11.8. The molecule has 3 aromatic rings. The van der Waals surface area contributed by atoms with Crippen molar-refractivity contribution in [1.29, 1.82) is 0 Å². The molecule has 7 heteroatoms. The van der Waals surface area contributed by atoms with E-state index in [1.54, 1.807) is 32.7 Å². The van der Waals surface area contributed by atoms with Crippen LogP contribution in [0.4, 0.5) is 11.4 Å². The number of terminal acetylenes is 1. The average Bonchev–Trinajstić information content (AvgIpc) is 3.23. The van der Waals surface area contributed by atoms with Gasteiger partial charge in [-0.2, -0.15) is 0 Å². The van der Waals surface area contributed by atoms with Crippen molar-refractivity contribution in [2.24, 2.45) is 0 Å². The summed E-state index contributed by atoms with van der Waals surface area (Å²) in [7, 11) is 1.90. The van der Waals surface area contributed by atoms with Gasteiger partial charge in [0, 0.05) is 43.2 Å². The lowest BCUT2D eigenvalue weighted by Gasteiger charge is -2.32. The Hall–Kier alpha value is -3.08. The molecular weight excluding hydrogens is 506 g/mol. The number of hydrogen-bond donors (Lipinski definition) is 3. The predicted octanol–water partition coefficient (Wildman–Crippen LogP) is 7.52. The van der Waals surface area contributed by atoms with Gasteiger partial charge in [-0.05, 0) is 75.1 Å². The monoisotopic (exact) mass is 553 g/mol. The molecular formula is C32H47N3O3S. The number of carboxylic acid groups (broad SMARTS) is 1. The predicted molar refractivity (Wildman–Crippen MR) is 171 cm³/mol. The van der Waals surface area contributed by atoms with Crippen LogP contribution in [0.5, 0.6) is 0 Å². The van der Waals surface area contributed by atoms with Gasteiger partial charge in [0.25, 0.3) is 0 Å². The van der Waals surface area contributed by atoms with Gasteiger partial charge >= 0.3 is 5.97 Å². The fourth-order valence-corrected chi connectivity index (χ4v) is 5.05. The van der Waals surface area contributed by atoms with Crippen molar-refractivity contribution in [2.75, 3.05) is 29.5 Å². The zero-order valence-electron chi connectivity index (χ0n) is 25.2. The number of hydrogen-bond acceptors (Lipinski definition) is 5. The largest absolute Gasteiger partial charge is 0.481 e. The van der Waals surface area contributed by atoms with Crippen LogP contribution >= 0.6 is 11.9 Å². The topological polar surface area (TPSA) is 77.7 Å². The Labute approximate surface area is 239 Å². The Balaban J connectivity index is 0.000000594. The molecule has 0 unspecified atom stereocenters. The standard InChI is InChI=1S/C22H25N3O2S.C4H10O.C4H10.C2H2/c1-13-11-18-20(15-5-7-16(23-3)8-6-15)17(12-19(26)27)14(2)21-22(18)24(13)9-10-25(21)28-4;1-4(2,3)5;1-3-4-2;1-2/h5-8,11,23H,9-10,12H2,1-4H3,(H,26,27);5H,1-3H3;3-4H2,1-2H3;1-2H. The minimum Gasteiger partial charge on any atom is -0.481 e. The summed E-state index contributed by atoms with van der Waals surface area (Å²) in [5, 5.41) is 22.5. The van der Waals surface area contributed by atoms with E-state index in [4.69, 9.17) is 5.11 Å². The van der Waals surface area contributed by atoms with Crippen LogP contribution in [0.3, 0.4) is 0 Å². The average molecular weight is 554 g/mol. The third-order valence-corrected chi connectivity index (χ3v) is 7.00. The Bertz CT molecular complexity index is 1230. The minimum atomic E-state index is -0.801. The molecule has 0 bridgehead atoms. The van der Waals surface area contributed by atoms with Crippen LogP contribution in [0.1, 0.15) is 64.3 Å². The first-order chi connectivity index (χ1) is 18.4. The summed E-state index contributed by atoms with van der Waals surface area (Å²) < 4.78 is 4.68. The molecule has 6 nitrogen and oxygen atoms in total. The van der Waals surface area contributed by atoms with Crippen molar-refractivity contribution >= 4 is 40.2 Å². The fraction of sp³-hybridized carbons (Fsp3) is 0.469. The highest BCUT2D eigenvalue weighted by atomic mass is 32.2. The van der Waals surface area contributed by atoms with Crippen LogP contribution in [-0.2, 0) is 17.8 Å². The first-order valence-corrected chi connectivity index (χ1v) is 14.6. The van der Waals surface area contributed by atoms with Crippen molar-refractivity contribution in [3.05, 3.63) is 47.2 Å². The van der Waals surface area contributed by atoms with Crippen LogP contribution in [0.15, 0.2) is 30.3 Å². The van der Waals surface area contributed by atoms with Gasteiger partial charge < -0.3 is 24.4 Å². The fourth-order valence-electron chi connectivity index (χ4n) is 4.38. The summed E-state index contributed by atoms with van der Waals surface area (Å²) in [6.45, 7) is 15.7. The van der Waals surface area contributed by atoms with Gasteiger partial charge in [-0.15, -0.1) is 12.8 Å². The quantitative estimate of drug-likeness (QED) is 0.216. The molecule has 0 fully saturated rings. The smallest absolute Gasteiger partial charge is 0.307 e. The second-order valence-electron chi connectivity index (χ2n) is 10.4. The maximum atomic E-state index is 11.7. The Morgan fingerprint density at radius 1 is 1.08 bits per heavy atom. The first kappa shape index (κ1) is 33.9. The summed E-state index contributed by atoms with van der Waals surface area (Å²) in [4.78, 5) is 11.7. The van der Waals surface area contributed by atoms with Gasteiger partial charge in [0.15, 0.2) is 0 Å². The van der Waals surface area contributed by atoms with Crippen molar-refractivity contribution in [2.45, 2.75) is 79.9 Å². The minimum absolute atomic E-state index is 0.0182. The summed E-state index contributed by atoms with van der Waals surface area (Å²) in [5.41, 5.74) is 8.22. The number of carbonyl (C=O) groups is 1. The molecule has 0 saturated heterocycles. The highest BCUT2D eigenvalue weighted by molar-refractivity contribution is 8.00. The van der Waals surface area contributed by atoms with Gasteiger partial charge in [-0.1, -0.05) is 50.8 Å². The molecule has 0 amide bonds. The third kappa shape index (κ3) is 8.98. The van der Waals surface area contributed by atoms with Crippen molar-refractivity contribution in [1.82, 2.24) is 4.57 Å². The highest BCUT2D eigenvalue weighted by Gasteiger charge is 2.28. The van der Waals surface area contributed by atoms with Gasteiger partial charge in [0.1, 0.15) is 0 Å². The number of aromatic nitrogens is 1. The second-order valence-corrected chi connectivity index (χ2v) is 11.2. The van der Waals surface area contributed by atoms with Crippen LogP contribution in [-0.4, -0.2) is 46.2 Å². The second kappa shape index (κ2) is 15.5. The number of anilines is 2. The third-order valence-electron chi connectivity index (χ3n) is 6.19. The Morgan fingerprint density at radius 2 is 1.62 bits per heavy atom. The highest BCUT2D eigenvalue weighted by Crippen LogP contribution is 2.46. The SMILES string of the molecule is C#C.CC(C)(C)O.CCCC.CNc1ccc(-c2c(CC(=O)O)c(C)c3c4c2cc(C)n4CCN3SC)cc1. The number of benzene rings is 2. The van der Waals surface area contributed by atoms with E-state index < -0.39 is 11.6 Å². The Morgan fingerprint density at radius 3 is 2.05 bits per heavy atom. The Kier molecular flexibility index (Phi) is 13.5. The molecule has 1 aliphatic rings. The first-order valence-electron chi connectivity index (χ1n) is 13.4. The van der Waals surface area contributed by atoms with Crippen molar-refractivity contribution in [3.63, 3.8) is 0 Å². The van der Waals surface area contributed by atoms with Gasteiger partial charge in [-0.25, -0.2) is 0 Å². The molecule has 0 aliphatic carbocycles. The van der Waals surface area contributed by atoms with Crippen molar-refractivity contribution in [3.8, 4) is 24.0 Å². The van der Waals surface area contributed by atoms with Crippen LogP contribution in [0.25, 0.3) is 22.0 Å². The number of aryl methyl sites for hydroxylation is 1. The van der Waals surface area contributed by atoms with Gasteiger partial charge in [-0.3, -0.25) is 4.79 Å². The van der Waals surface area contributed by atoms with E-state index in [0.717, 1.165) is 52.1 Å². The summed E-state index contributed by atoms with van der Waals surface area (Å²) in [5.74, 6) is -0.801.